The number of hydrogen-bond donors (Lipinski definition) is 2. The van der Waals surface area contributed by atoms with Crippen LogP contribution in [0.25, 0.3) is 0 Å². The second-order valence-electron chi connectivity index (χ2n) is 4.37. The zero-order valence-corrected chi connectivity index (χ0v) is 11.9. The molecule has 106 valence electrons. The maximum Gasteiger partial charge on any atom is 0.165 e. The normalized spacial score (nSPS) is 10.3. The van der Waals surface area contributed by atoms with E-state index in [2.05, 4.69) is 5.32 Å². The SMILES string of the molecule is CCCOc1cc(N)cc(Nc2cccc(Cl)c2F)c1. The first-order valence-corrected chi connectivity index (χ1v) is 6.72. The Morgan fingerprint density at radius 3 is 2.85 bits per heavy atom. The zero-order valence-electron chi connectivity index (χ0n) is 11.1. The number of rotatable bonds is 5. The van der Waals surface area contributed by atoms with Crippen molar-refractivity contribution in [2.75, 3.05) is 17.7 Å². The van der Waals surface area contributed by atoms with Gasteiger partial charge in [0.25, 0.3) is 0 Å². The molecule has 0 atom stereocenters. The van der Waals surface area contributed by atoms with Crippen molar-refractivity contribution < 1.29 is 9.13 Å². The van der Waals surface area contributed by atoms with Gasteiger partial charge >= 0.3 is 0 Å². The van der Waals surface area contributed by atoms with Gasteiger partial charge in [0, 0.05) is 23.5 Å². The molecule has 3 nitrogen and oxygen atoms in total. The van der Waals surface area contributed by atoms with E-state index >= 15 is 0 Å². The zero-order chi connectivity index (χ0) is 14.5. The molecule has 0 aliphatic carbocycles. The van der Waals surface area contributed by atoms with E-state index in [0.717, 1.165) is 6.42 Å². The van der Waals surface area contributed by atoms with Crippen molar-refractivity contribution in [3.8, 4) is 5.75 Å². The van der Waals surface area contributed by atoms with Crippen LogP contribution >= 0.6 is 11.6 Å². The summed E-state index contributed by atoms with van der Waals surface area (Å²) < 4.78 is 19.4. The summed E-state index contributed by atoms with van der Waals surface area (Å²) in [5.74, 6) is 0.157. The summed E-state index contributed by atoms with van der Waals surface area (Å²) in [6.45, 7) is 2.63. The summed E-state index contributed by atoms with van der Waals surface area (Å²) in [7, 11) is 0. The molecule has 0 spiro atoms. The highest BCUT2D eigenvalue weighted by Crippen LogP contribution is 2.29. The van der Waals surface area contributed by atoms with E-state index in [-0.39, 0.29) is 5.02 Å². The molecular weight excluding hydrogens is 279 g/mol. The molecule has 0 radical (unpaired) electrons. The minimum absolute atomic E-state index is 0.0707. The van der Waals surface area contributed by atoms with Gasteiger partial charge in [0.2, 0.25) is 0 Å². The second-order valence-corrected chi connectivity index (χ2v) is 4.77. The average molecular weight is 295 g/mol. The smallest absolute Gasteiger partial charge is 0.165 e. The lowest BCUT2D eigenvalue weighted by atomic mass is 10.2. The third-order valence-electron chi connectivity index (χ3n) is 2.63. The molecule has 20 heavy (non-hydrogen) atoms. The Balaban J connectivity index is 2.24. The van der Waals surface area contributed by atoms with Gasteiger partial charge in [-0.05, 0) is 24.6 Å². The van der Waals surface area contributed by atoms with Gasteiger partial charge in [-0.3, -0.25) is 0 Å². The van der Waals surface area contributed by atoms with Crippen LogP contribution in [-0.4, -0.2) is 6.61 Å². The number of halogens is 2. The Kier molecular flexibility index (Phi) is 4.69. The molecule has 0 saturated carbocycles. The molecule has 0 aliphatic heterocycles. The van der Waals surface area contributed by atoms with Gasteiger partial charge in [-0.1, -0.05) is 24.6 Å². The highest BCUT2D eigenvalue weighted by Gasteiger charge is 2.07. The van der Waals surface area contributed by atoms with Gasteiger partial charge < -0.3 is 15.8 Å². The van der Waals surface area contributed by atoms with Crippen LogP contribution in [0.15, 0.2) is 36.4 Å². The van der Waals surface area contributed by atoms with Crippen LogP contribution in [0.1, 0.15) is 13.3 Å². The molecule has 2 rings (SSSR count). The minimum Gasteiger partial charge on any atom is -0.493 e. The van der Waals surface area contributed by atoms with E-state index in [1.165, 1.54) is 6.07 Å². The van der Waals surface area contributed by atoms with Gasteiger partial charge in [0.15, 0.2) is 5.82 Å². The van der Waals surface area contributed by atoms with Crippen LogP contribution < -0.4 is 15.8 Å². The van der Waals surface area contributed by atoms with Crippen LogP contribution in [0, 0.1) is 5.82 Å². The first-order valence-electron chi connectivity index (χ1n) is 6.34. The second kappa shape index (κ2) is 6.48. The van der Waals surface area contributed by atoms with E-state index in [4.69, 9.17) is 22.1 Å². The Morgan fingerprint density at radius 2 is 2.10 bits per heavy atom. The number of hydrogen-bond acceptors (Lipinski definition) is 3. The molecule has 0 saturated heterocycles. The highest BCUT2D eigenvalue weighted by atomic mass is 35.5. The quantitative estimate of drug-likeness (QED) is 0.793. The van der Waals surface area contributed by atoms with E-state index in [0.29, 0.717) is 29.4 Å². The maximum absolute atomic E-state index is 13.8. The van der Waals surface area contributed by atoms with E-state index in [1.54, 1.807) is 30.3 Å². The van der Waals surface area contributed by atoms with Crippen molar-refractivity contribution in [1.82, 2.24) is 0 Å². The third-order valence-corrected chi connectivity index (χ3v) is 2.92. The van der Waals surface area contributed by atoms with E-state index in [1.807, 2.05) is 6.92 Å². The fraction of sp³-hybridized carbons (Fsp3) is 0.200. The van der Waals surface area contributed by atoms with Crippen LogP contribution in [0.4, 0.5) is 21.5 Å². The van der Waals surface area contributed by atoms with Crippen molar-refractivity contribution >= 4 is 28.7 Å². The fourth-order valence-electron chi connectivity index (χ4n) is 1.75. The van der Waals surface area contributed by atoms with Crippen molar-refractivity contribution in [3.63, 3.8) is 0 Å². The molecule has 2 aromatic carbocycles. The lowest BCUT2D eigenvalue weighted by Crippen LogP contribution is -1.99. The molecule has 0 bridgehead atoms. The molecule has 5 heteroatoms. The fourth-order valence-corrected chi connectivity index (χ4v) is 1.93. The molecule has 0 fully saturated rings. The molecule has 0 heterocycles. The van der Waals surface area contributed by atoms with Crippen LogP contribution in [-0.2, 0) is 0 Å². The Hall–Kier alpha value is -1.94. The largest absolute Gasteiger partial charge is 0.493 e. The number of nitrogens with two attached hydrogens (primary N) is 1. The monoisotopic (exact) mass is 294 g/mol. The summed E-state index contributed by atoms with van der Waals surface area (Å²) in [4.78, 5) is 0. The number of nitrogens with one attached hydrogen (secondary N) is 1. The van der Waals surface area contributed by atoms with E-state index in [9.17, 15) is 4.39 Å². The number of ether oxygens (including phenoxy) is 1. The predicted octanol–water partition coefficient (Wildman–Crippen LogP) is 4.59. The first-order chi connectivity index (χ1) is 9.60. The third kappa shape index (κ3) is 3.54. The van der Waals surface area contributed by atoms with Crippen molar-refractivity contribution in [2.24, 2.45) is 0 Å². The first kappa shape index (κ1) is 14.5. The summed E-state index contributed by atoms with van der Waals surface area (Å²) in [5.41, 5.74) is 7.30. The number of nitrogen functional groups attached to an aromatic ring is 1. The summed E-state index contributed by atoms with van der Waals surface area (Å²) in [6, 6.07) is 9.99. The lowest BCUT2D eigenvalue weighted by Gasteiger charge is -2.12. The summed E-state index contributed by atoms with van der Waals surface area (Å²) in [6.07, 6.45) is 0.903. The van der Waals surface area contributed by atoms with Gasteiger partial charge in [-0.15, -0.1) is 0 Å². The van der Waals surface area contributed by atoms with Gasteiger partial charge in [0.1, 0.15) is 5.75 Å². The van der Waals surface area contributed by atoms with Crippen molar-refractivity contribution in [1.29, 1.82) is 0 Å². The topological polar surface area (TPSA) is 47.3 Å². The molecule has 2 aromatic rings. The summed E-state index contributed by atoms with van der Waals surface area (Å²) >= 11 is 5.75. The van der Waals surface area contributed by atoms with Gasteiger partial charge in [0.05, 0.1) is 17.3 Å². The van der Waals surface area contributed by atoms with Crippen LogP contribution in [0.3, 0.4) is 0 Å². The van der Waals surface area contributed by atoms with Crippen LogP contribution in [0.2, 0.25) is 5.02 Å². The van der Waals surface area contributed by atoms with Gasteiger partial charge in [-0.25, -0.2) is 4.39 Å². The van der Waals surface area contributed by atoms with Crippen molar-refractivity contribution in [2.45, 2.75) is 13.3 Å². The van der Waals surface area contributed by atoms with Gasteiger partial charge in [-0.2, -0.15) is 0 Å². The lowest BCUT2D eigenvalue weighted by molar-refractivity contribution is 0.318. The maximum atomic E-state index is 13.8. The van der Waals surface area contributed by atoms with E-state index < -0.39 is 5.82 Å². The molecule has 0 unspecified atom stereocenters. The number of anilines is 3. The molecule has 0 aliphatic rings. The van der Waals surface area contributed by atoms with Crippen LogP contribution in [0.5, 0.6) is 5.75 Å². The predicted molar refractivity (Wildman–Crippen MR) is 81.3 cm³/mol. The Labute approximate surface area is 122 Å². The minimum atomic E-state index is -0.493. The molecule has 0 amide bonds. The average Bonchev–Trinajstić information content (AvgIpc) is 2.41. The Morgan fingerprint density at radius 1 is 1.30 bits per heavy atom. The highest BCUT2D eigenvalue weighted by molar-refractivity contribution is 6.31. The molecular formula is C15H16ClFN2O. The van der Waals surface area contributed by atoms with Crippen molar-refractivity contribution in [3.05, 3.63) is 47.2 Å². The Bertz CT molecular complexity index is 604. The number of benzene rings is 2. The molecule has 0 aromatic heterocycles. The summed E-state index contributed by atoms with van der Waals surface area (Å²) in [5, 5.41) is 3.02. The standard InChI is InChI=1S/C15H16ClFN2O/c1-2-6-20-12-8-10(18)7-11(9-12)19-14-5-3-4-13(16)15(14)17/h3-5,7-9,19H,2,6,18H2,1H3. The molecule has 3 N–H and O–H groups in total.